The van der Waals surface area contributed by atoms with E-state index >= 15 is 0 Å². The number of carbonyl (C=O) groups is 10. The van der Waals surface area contributed by atoms with Gasteiger partial charge in [-0.2, -0.15) is 0 Å². The van der Waals surface area contributed by atoms with Gasteiger partial charge in [0.2, 0.25) is 59.1 Å². The van der Waals surface area contributed by atoms with Crippen molar-refractivity contribution in [3.8, 4) is 0 Å². The van der Waals surface area contributed by atoms with E-state index in [0.29, 0.717) is 5.56 Å². The lowest BCUT2D eigenvalue weighted by molar-refractivity contribution is -0.136. The van der Waals surface area contributed by atoms with Gasteiger partial charge in [-0.15, -0.1) is 0 Å². The van der Waals surface area contributed by atoms with Crippen LogP contribution in [0.3, 0.4) is 0 Å². The summed E-state index contributed by atoms with van der Waals surface area (Å²) in [6.07, 6.45) is -4.32. The van der Waals surface area contributed by atoms with E-state index in [9.17, 15) is 63.3 Å². The summed E-state index contributed by atoms with van der Waals surface area (Å²) in [5.74, 6) is -9.64. The number of nitrogens with two attached hydrogens (primary N) is 4. The Morgan fingerprint density at radius 3 is 1.60 bits per heavy atom. The van der Waals surface area contributed by atoms with Crippen LogP contribution < -0.4 is 76.1 Å². The number of carbonyl (C=O) groups excluding carboxylic acids is 10. The van der Waals surface area contributed by atoms with Crippen LogP contribution >= 0.6 is 0 Å². The molecule has 0 aromatic heterocycles. The smallest absolute Gasteiger partial charge is 0.246 e. The highest BCUT2D eigenvalue weighted by atomic mass is 16.3. The van der Waals surface area contributed by atoms with Gasteiger partial charge in [0.05, 0.1) is 12.2 Å². The van der Waals surface area contributed by atoms with E-state index in [-0.39, 0.29) is 70.6 Å². The predicted octanol–water partition coefficient (Wildman–Crippen LogP) is -7.69. The molecule has 1 heterocycles. The standard InChI is InChI=1S/C45H76N14O13/c1-23(2)20-32-42(69)53-27(10-15-46)37(64)52-30(13-18-49)41(68)59-35(24(3)61)44(71)50-19-14-31(54-38(65)29(12-17-48)55-45(72)36(25(4)62)58-34(63)22-60)40(67)51-28(11-16-47)39(66)57-33(43(70)56-32)21-26-8-6-5-7-9-26/h5-9,23-25,27-33,35-36,60-62H,10-22,46-49H2,1-4H3,(H,50,71)(H,51,67)(H,52,64)(H,53,69)(H,54,65)(H,55,72)(H,56,70)(H,57,66)(H,58,63)(H,59,68)/t24?,25?,27-,28-,29-,30-,31-,32-,33+,35?,36-/m0/s1. The molecule has 3 unspecified atom stereocenters. The largest absolute Gasteiger partial charge is 0.391 e. The number of hydrogen-bond donors (Lipinski definition) is 17. The minimum atomic E-state index is -1.67. The number of nitrogens with one attached hydrogen (secondary N) is 10. The third-order valence-electron chi connectivity index (χ3n) is 11.3. The highest BCUT2D eigenvalue weighted by Crippen LogP contribution is 2.11. The predicted molar refractivity (Wildman–Crippen MR) is 260 cm³/mol. The molecule has 27 nitrogen and oxygen atoms in total. The Bertz CT molecular complexity index is 1980. The summed E-state index contributed by atoms with van der Waals surface area (Å²) in [5.41, 5.74) is 23.9. The maximum atomic E-state index is 14.3. The number of aliphatic hydroxyl groups excluding tert-OH is 3. The third kappa shape index (κ3) is 20.8. The average Bonchev–Trinajstić information content (AvgIpc) is 3.32. The summed E-state index contributed by atoms with van der Waals surface area (Å²) in [7, 11) is 0. The van der Waals surface area contributed by atoms with Crippen LogP contribution in [0, 0.1) is 5.92 Å². The molecule has 1 aromatic rings. The zero-order chi connectivity index (χ0) is 54.1. The molecule has 0 spiro atoms. The fourth-order valence-corrected chi connectivity index (χ4v) is 7.40. The zero-order valence-electron chi connectivity index (χ0n) is 41.2. The molecule has 1 aliphatic rings. The Hall–Kier alpha value is -6.36. The molecular weight excluding hydrogens is 945 g/mol. The molecule has 21 N–H and O–H groups in total. The molecule has 1 fully saturated rings. The number of amides is 10. The van der Waals surface area contributed by atoms with Gasteiger partial charge in [0.1, 0.15) is 61.0 Å². The maximum absolute atomic E-state index is 14.3. The lowest BCUT2D eigenvalue weighted by Crippen LogP contribution is -2.61. The Labute approximate surface area is 418 Å². The van der Waals surface area contributed by atoms with Gasteiger partial charge in [0.15, 0.2) is 0 Å². The maximum Gasteiger partial charge on any atom is 0.246 e. The summed E-state index contributed by atoms with van der Waals surface area (Å²) in [6.45, 7) is 3.83. The van der Waals surface area contributed by atoms with E-state index in [0.717, 1.165) is 0 Å². The van der Waals surface area contributed by atoms with Crippen LogP contribution in [0.25, 0.3) is 0 Å². The van der Waals surface area contributed by atoms with E-state index in [1.807, 2.05) is 0 Å². The molecule has 0 aliphatic carbocycles. The topological polar surface area (TPSA) is 456 Å². The van der Waals surface area contributed by atoms with Crippen LogP contribution in [0.2, 0.25) is 0 Å². The number of aliphatic hydroxyl groups is 3. The van der Waals surface area contributed by atoms with Gasteiger partial charge < -0.3 is 91.4 Å². The van der Waals surface area contributed by atoms with Crippen molar-refractivity contribution in [1.29, 1.82) is 0 Å². The summed E-state index contributed by atoms with van der Waals surface area (Å²) >= 11 is 0. The van der Waals surface area contributed by atoms with Gasteiger partial charge in [-0.1, -0.05) is 44.2 Å². The molecular formula is C45H76N14O13. The van der Waals surface area contributed by atoms with Gasteiger partial charge >= 0.3 is 0 Å². The third-order valence-corrected chi connectivity index (χ3v) is 11.3. The molecule has 1 saturated heterocycles. The first-order chi connectivity index (χ1) is 34.1. The SMILES string of the molecule is CC(C)C[C@@H]1NC(=O)[C@@H](Cc2ccccc2)NC(=O)[C@H](CCN)NC(=O)[C@@H](NC(=O)[C@H](CCN)NC(=O)[C@@H](NC(=O)CO)C(C)O)CCNC(=O)C(C(C)O)NC(=O)[C@H](CCN)NC(=O)[C@H](CCN)NC1=O. The fraction of sp³-hybridized carbons (Fsp3) is 0.644. The van der Waals surface area contributed by atoms with Crippen LogP contribution in [0.1, 0.15) is 71.8 Å². The van der Waals surface area contributed by atoms with Crippen molar-refractivity contribution < 1.29 is 63.3 Å². The van der Waals surface area contributed by atoms with Crippen LogP contribution in [0.15, 0.2) is 30.3 Å². The van der Waals surface area contributed by atoms with Gasteiger partial charge in [-0.3, -0.25) is 47.9 Å². The Balaban J connectivity index is 2.75. The molecule has 1 aromatic carbocycles. The molecule has 11 atom stereocenters. The Kier molecular flexibility index (Phi) is 27.3. The molecule has 1 aliphatic heterocycles. The lowest BCUT2D eigenvalue weighted by Gasteiger charge is -2.28. The first-order valence-electron chi connectivity index (χ1n) is 23.9. The average molecular weight is 1020 g/mol. The van der Waals surface area contributed by atoms with Crippen molar-refractivity contribution in [3.05, 3.63) is 35.9 Å². The highest BCUT2D eigenvalue weighted by Gasteiger charge is 2.37. The summed E-state index contributed by atoms with van der Waals surface area (Å²) in [5, 5.41) is 54.9. The van der Waals surface area contributed by atoms with Crippen molar-refractivity contribution >= 4 is 59.1 Å². The quantitative estimate of drug-likeness (QED) is 0.0577. The van der Waals surface area contributed by atoms with Crippen LogP contribution in [-0.2, 0) is 54.4 Å². The van der Waals surface area contributed by atoms with Gasteiger partial charge in [0, 0.05) is 13.0 Å². The zero-order valence-corrected chi connectivity index (χ0v) is 41.2. The van der Waals surface area contributed by atoms with Crippen molar-refractivity contribution in [2.45, 2.75) is 139 Å². The monoisotopic (exact) mass is 1020 g/mol. The second kappa shape index (κ2) is 31.9. The van der Waals surface area contributed by atoms with Crippen LogP contribution in [-0.4, -0.2) is 180 Å². The summed E-state index contributed by atoms with van der Waals surface area (Å²) in [4.78, 5) is 137. The van der Waals surface area contributed by atoms with E-state index in [4.69, 9.17) is 22.9 Å². The lowest BCUT2D eigenvalue weighted by atomic mass is 10.00. The van der Waals surface area contributed by atoms with E-state index in [1.54, 1.807) is 44.2 Å². The molecule has 2 rings (SSSR count). The van der Waals surface area contributed by atoms with Crippen molar-refractivity contribution in [2.75, 3.05) is 39.3 Å². The summed E-state index contributed by atoms with van der Waals surface area (Å²) in [6, 6.07) is -4.83. The molecule has 0 bridgehead atoms. The van der Waals surface area contributed by atoms with Crippen LogP contribution in [0.4, 0.5) is 0 Å². The fourth-order valence-electron chi connectivity index (χ4n) is 7.40. The highest BCUT2D eigenvalue weighted by molar-refractivity contribution is 5.99. The number of benzene rings is 1. The molecule has 10 amide bonds. The van der Waals surface area contributed by atoms with Gasteiger partial charge in [-0.05, 0) is 90.0 Å². The summed E-state index contributed by atoms with van der Waals surface area (Å²) < 4.78 is 0. The minimum absolute atomic E-state index is 0.0533. The van der Waals surface area contributed by atoms with Crippen molar-refractivity contribution in [1.82, 2.24) is 53.2 Å². The van der Waals surface area contributed by atoms with E-state index in [2.05, 4.69) is 53.2 Å². The van der Waals surface area contributed by atoms with Crippen LogP contribution in [0.5, 0.6) is 0 Å². The second-order valence-corrected chi connectivity index (χ2v) is 17.8. The van der Waals surface area contributed by atoms with E-state index < -0.39 is 145 Å². The Morgan fingerprint density at radius 2 is 1.11 bits per heavy atom. The van der Waals surface area contributed by atoms with Crippen molar-refractivity contribution in [3.63, 3.8) is 0 Å². The molecule has 0 saturated carbocycles. The minimum Gasteiger partial charge on any atom is -0.391 e. The second-order valence-electron chi connectivity index (χ2n) is 17.8. The molecule has 27 heteroatoms. The Morgan fingerprint density at radius 1 is 0.625 bits per heavy atom. The first-order valence-corrected chi connectivity index (χ1v) is 23.9. The first kappa shape index (κ1) is 61.8. The van der Waals surface area contributed by atoms with Crippen molar-refractivity contribution in [2.24, 2.45) is 28.9 Å². The number of hydrogen-bond acceptors (Lipinski definition) is 17. The number of rotatable bonds is 20. The molecule has 0 radical (unpaired) electrons. The van der Waals surface area contributed by atoms with Gasteiger partial charge in [0.25, 0.3) is 0 Å². The molecule has 404 valence electrons. The molecule has 72 heavy (non-hydrogen) atoms. The van der Waals surface area contributed by atoms with Gasteiger partial charge in [-0.25, -0.2) is 0 Å². The van der Waals surface area contributed by atoms with E-state index in [1.165, 1.54) is 13.8 Å². The normalized spacial score (nSPS) is 24.1.